The number of para-hydroxylation sites is 1. The third-order valence-electron chi connectivity index (χ3n) is 1.73. The van der Waals surface area contributed by atoms with Crippen molar-refractivity contribution >= 4 is 17.2 Å². The van der Waals surface area contributed by atoms with Crippen LogP contribution in [0, 0.1) is 10.1 Å². The van der Waals surface area contributed by atoms with Crippen LogP contribution in [-0.4, -0.2) is 10.7 Å². The van der Waals surface area contributed by atoms with E-state index in [-0.39, 0.29) is 11.3 Å². The highest BCUT2D eigenvalue weighted by atomic mass is 16.6. The summed E-state index contributed by atoms with van der Waals surface area (Å²) in [4.78, 5) is 23.5. The van der Waals surface area contributed by atoms with Gasteiger partial charge in [0.05, 0.1) is 10.5 Å². The minimum Gasteiger partial charge on any atom is -0.294 e. The molecule has 0 N–H and O–H groups in total. The molecular weight excluding hydrogens is 200 g/mol. The van der Waals surface area contributed by atoms with Crippen molar-refractivity contribution in [1.82, 2.24) is 0 Å². The van der Waals surface area contributed by atoms with Gasteiger partial charge in [-0.3, -0.25) is 14.9 Å². The van der Waals surface area contributed by atoms with Gasteiger partial charge in [0.2, 0.25) is 0 Å². The summed E-state index contributed by atoms with van der Waals surface area (Å²) in [5.74, 6) is -0.448. The van der Waals surface area contributed by atoms with E-state index in [0.717, 1.165) is 0 Å². The van der Waals surface area contributed by atoms with Gasteiger partial charge in [-0.1, -0.05) is 11.2 Å². The van der Waals surface area contributed by atoms with Gasteiger partial charge in [0.15, 0.2) is 5.78 Å². The number of ketones is 1. The van der Waals surface area contributed by atoms with E-state index in [0.29, 0.717) is 0 Å². The number of nitro benzene ring substituents is 1. The Morgan fingerprint density at radius 3 is 2.73 bits per heavy atom. The van der Waals surface area contributed by atoms with Crippen LogP contribution in [0.2, 0.25) is 0 Å². The number of carbonyl (C=O) groups excluding carboxylic acids is 1. The van der Waals surface area contributed by atoms with E-state index in [1.807, 2.05) is 0 Å². The first-order valence-corrected chi connectivity index (χ1v) is 3.91. The predicted octanol–water partition coefficient (Wildman–Crippen LogP) is 2.74. The Labute approximate surface area is 84.1 Å². The maximum atomic E-state index is 11.1. The third-order valence-corrected chi connectivity index (χ3v) is 1.73. The molecule has 7 nitrogen and oxygen atoms in total. The molecule has 7 heteroatoms. The van der Waals surface area contributed by atoms with Gasteiger partial charge < -0.3 is 0 Å². The van der Waals surface area contributed by atoms with Crippen molar-refractivity contribution < 1.29 is 9.72 Å². The van der Waals surface area contributed by atoms with Gasteiger partial charge in [-0.05, 0) is 24.6 Å². The fraction of sp³-hybridized carbons (Fsp3) is 0.125. The van der Waals surface area contributed by atoms with Gasteiger partial charge in [0, 0.05) is 4.91 Å². The topological polar surface area (TPSA) is 109 Å². The zero-order chi connectivity index (χ0) is 11.4. The quantitative estimate of drug-likeness (QED) is 0.189. The average molecular weight is 206 g/mol. The second-order valence-corrected chi connectivity index (χ2v) is 2.68. The molecule has 0 heterocycles. The molecule has 1 rings (SSSR count). The molecule has 0 fully saturated rings. The van der Waals surface area contributed by atoms with E-state index < -0.39 is 16.4 Å². The Morgan fingerprint density at radius 1 is 1.60 bits per heavy atom. The number of nitro groups is 1. The third kappa shape index (κ3) is 2.09. The first-order valence-electron chi connectivity index (χ1n) is 3.91. The van der Waals surface area contributed by atoms with E-state index in [4.69, 9.17) is 5.53 Å². The number of hydrogen-bond acceptors (Lipinski definition) is 4. The van der Waals surface area contributed by atoms with Crippen molar-refractivity contribution in [3.63, 3.8) is 0 Å². The van der Waals surface area contributed by atoms with Crippen LogP contribution in [0.1, 0.15) is 17.3 Å². The number of hydrogen-bond donors (Lipinski definition) is 0. The zero-order valence-corrected chi connectivity index (χ0v) is 7.75. The van der Waals surface area contributed by atoms with Crippen LogP contribution in [0.15, 0.2) is 23.3 Å². The summed E-state index contributed by atoms with van der Waals surface area (Å²) in [7, 11) is 0. The predicted molar refractivity (Wildman–Crippen MR) is 51.9 cm³/mol. The summed E-state index contributed by atoms with van der Waals surface area (Å²) in [6, 6.07) is 4.02. The normalized spacial score (nSPS) is 9.13. The Balaban J connectivity index is 3.55. The van der Waals surface area contributed by atoms with Crippen LogP contribution in [0.4, 0.5) is 11.4 Å². The monoisotopic (exact) mass is 206 g/mol. The van der Waals surface area contributed by atoms with Gasteiger partial charge >= 0.3 is 0 Å². The Morgan fingerprint density at radius 2 is 2.27 bits per heavy atom. The average Bonchev–Trinajstić information content (AvgIpc) is 2.17. The molecule has 0 aliphatic carbocycles. The second kappa shape index (κ2) is 4.21. The number of carbonyl (C=O) groups is 1. The molecule has 1 aromatic carbocycles. The molecule has 0 radical (unpaired) electrons. The van der Waals surface area contributed by atoms with Gasteiger partial charge in [0.1, 0.15) is 5.69 Å². The molecule has 0 aliphatic rings. The van der Waals surface area contributed by atoms with Gasteiger partial charge in [0.25, 0.3) is 5.69 Å². The summed E-state index contributed by atoms with van der Waals surface area (Å²) >= 11 is 0. The minimum atomic E-state index is -0.735. The zero-order valence-electron chi connectivity index (χ0n) is 7.75. The lowest BCUT2D eigenvalue weighted by atomic mass is 10.1. The van der Waals surface area contributed by atoms with Crippen LogP contribution < -0.4 is 0 Å². The first-order chi connectivity index (χ1) is 7.07. The van der Waals surface area contributed by atoms with Crippen LogP contribution in [0.25, 0.3) is 10.4 Å². The Bertz CT molecular complexity index is 457. The number of rotatable bonds is 3. The molecule has 0 aliphatic heterocycles. The molecule has 0 atom stereocenters. The van der Waals surface area contributed by atoms with Crippen molar-refractivity contribution in [2.45, 2.75) is 6.92 Å². The summed E-state index contributed by atoms with van der Waals surface area (Å²) < 4.78 is 0. The summed E-state index contributed by atoms with van der Waals surface area (Å²) in [6.45, 7) is 1.21. The van der Waals surface area contributed by atoms with Crippen molar-refractivity contribution in [2.24, 2.45) is 5.11 Å². The SMILES string of the molecule is CC(=O)c1cccc(N=[N+]=[N-])c1[N+](=O)[O-]. The molecule has 0 aromatic heterocycles. The lowest BCUT2D eigenvalue weighted by Crippen LogP contribution is -1.99. The first kappa shape index (κ1) is 10.7. The second-order valence-electron chi connectivity index (χ2n) is 2.68. The van der Waals surface area contributed by atoms with Gasteiger partial charge in [-0.25, -0.2) is 0 Å². The summed E-state index contributed by atoms with van der Waals surface area (Å²) in [6.07, 6.45) is 0. The molecule has 0 saturated carbocycles. The van der Waals surface area contributed by atoms with Gasteiger partial charge in [-0.2, -0.15) is 0 Å². The standard InChI is InChI=1S/C8H6N4O3/c1-5(13)6-3-2-4-7(10-11-9)8(6)12(14)15/h2-4H,1H3. The summed E-state index contributed by atoms with van der Waals surface area (Å²) in [5.41, 5.74) is 7.53. The Hall–Kier alpha value is -2.40. The molecule has 0 unspecified atom stereocenters. The fourth-order valence-corrected chi connectivity index (χ4v) is 1.14. The highest BCUT2D eigenvalue weighted by Crippen LogP contribution is 2.31. The van der Waals surface area contributed by atoms with Gasteiger partial charge in [-0.15, -0.1) is 0 Å². The van der Waals surface area contributed by atoms with E-state index in [9.17, 15) is 14.9 Å². The van der Waals surface area contributed by atoms with Crippen molar-refractivity contribution in [3.05, 3.63) is 44.3 Å². The van der Waals surface area contributed by atoms with E-state index in [2.05, 4.69) is 10.0 Å². The van der Waals surface area contributed by atoms with Crippen molar-refractivity contribution in [1.29, 1.82) is 0 Å². The molecule has 15 heavy (non-hydrogen) atoms. The molecule has 76 valence electrons. The highest BCUT2D eigenvalue weighted by Gasteiger charge is 2.20. The molecule has 0 saturated heterocycles. The largest absolute Gasteiger partial charge is 0.294 e. The van der Waals surface area contributed by atoms with E-state index in [1.54, 1.807) is 0 Å². The highest BCUT2D eigenvalue weighted by molar-refractivity contribution is 6.00. The minimum absolute atomic E-state index is 0.0649. The van der Waals surface area contributed by atoms with Crippen molar-refractivity contribution in [2.75, 3.05) is 0 Å². The molecule has 1 aromatic rings. The van der Waals surface area contributed by atoms with Crippen LogP contribution >= 0.6 is 0 Å². The maximum Gasteiger partial charge on any atom is 0.289 e. The lowest BCUT2D eigenvalue weighted by molar-refractivity contribution is -0.384. The number of Topliss-reactive ketones (excluding diaryl/α,β-unsaturated/α-hetero) is 1. The lowest BCUT2D eigenvalue weighted by Gasteiger charge is -2.00. The van der Waals surface area contributed by atoms with Crippen LogP contribution in [-0.2, 0) is 0 Å². The van der Waals surface area contributed by atoms with E-state index >= 15 is 0 Å². The molecule has 0 spiro atoms. The Kier molecular flexibility index (Phi) is 3.00. The van der Waals surface area contributed by atoms with Crippen molar-refractivity contribution in [3.8, 4) is 0 Å². The summed E-state index contributed by atoms with van der Waals surface area (Å²) in [5, 5.41) is 13.8. The number of benzene rings is 1. The maximum absolute atomic E-state index is 11.1. The fourth-order valence-electron chi connectivity index (χ4n) is 1.14. The van der Waals surface area contributed by atoms with E-state index in [1.165, 1.54) is 25.1 Å². The molecule has 0 bridgehead atoms. The number of azide groups is 1. The molecule has 0 amide bonds. The van der Waals surface area contributed by atoms with Crippen LogP contribution in [0.5, 0.6) is 0 Å². The number of nitrogens with zero attached hydrogens (tertiary/aromatic N) is 4. The smallest absolute Gasteiger partial charge is 0.289 e. The van der Waals surface area contributed by atoms with Crippen LogP contribution in [0.3, 0.4) is 0 Å². The molecular formula is C8H6N4O3.